The van der Waals surface area contributed by atoms with E-state index in [9.17, 15) is 4.79 Å². The van der Waals surface area contributed by atoms with Gasteiger partial charge in [-0.2, -0.15) is 0 Å². The summed E-state index contributed by atoms with van der Waals surface area (Å²) >= 11 is 0. The fraction of sp³-hybridized carbons (Fsp3) is 0.480. The Kier molecular flexibility index (Phi) is 6.97. The summed E-state index contributed by atoms with van der Waals surface area (Å²) in [5.41, 5.74) is 3.86. The fourth-order valence-electron chi connectivity index (χ4n) is 4.53. The number of hydrogen-bond acceptors (Lipinski definition) is 5. The number of benzene rings is 2. The largest absolute Gasteiger partial charge is 0.493 e. The average Bonchev–Trinajstić information content (AvgIpc) is 3.29. The topological polar surface area (TPSA) is 68.8 Å². The first-order chi connectivity index (χ1) is 15.2. The van der Waals surface area contributed by atoms with E-state index in [-0.39, 0.29) is 11.8 Å². The van der Waals surface area contributed by atoms with Crippen molar-refractivity contribution in [3.63, 3.8) is 0 Å². The Morgan fingerprint density at radius 3 is 2.71 bits per heavy atom. The summed E-state index contributed by atoms with van der Waals surface area (Å²) < 4.78 is 16.7. The third kappa shape index (κ3) is 5.31. The Morgan fingerprint density at radius 1 is 1.03 bits per heavy atom. The van der Waals surface area contributed by atoms with Crippen molar-refractivity contribution in [3.8, 4) is 17.2 Å². The minimum Gasteiger partial charge on any atom is -0.493 e. The summed E-state index contributed by atoms with van der Waals surface area (Å²) in [5, 5.41) is 6.46. The van der Waals surface area contributed by atoms with Gasteiger partial charge in [0.1, 0.15) is 5.75 Å². The third-order valence-electron chi connectivity index (χ3n) is 6.28. The van der Waals surface area contributed by atoms with E-state index >= 15 is 0 Å². The van der Waals surface area contributed by atoms with Gasteiger partial charge in [-0.1, -0.05) is 12.1 Å². The number of aryl methyl sites for hydroxylation is 2. The minimum absolute atomic E-state index is 0.0532. The molecular weight excluding hydrogens is 392 g/mol. The van der Waals surface area contributed by atoms with Crippen molar-refractivity contribution in [1.29, 1.82) is 0 Å². The highest BCUT2D eigenvalue weighted by atomic mass is 16.5. The lowest BCUT2D eigenvalue weighted by Gasteiger charge is -2.29. The Labute approximate surface area is 184 Å². The lowest BCUT2D eigenvalue weighted by atomic mass is 9.90. The zero-order valence-corrected chi connectivity index (χ0v) is 18.4. The van der Waals surface area contributed by atoms with Crippen LogP contribution in [0.3, 0.4) is 0 Å². The number of piperidine rings is 1. The summed E-state index contributed by atoms with van der Waals surface area (Å²) in [6, 6.07) is 12.1. The third-order valence-corrected chi connectivity index (χ3v) is 6.28. The van der Waals surface area contributed by atoms with Gasteiger partial charge < -0.3 is 24.8 Å². The lowest BCUT2D eigenvalue weighted by Crippen LogP contribution is -2.45. The van der Waals surface area contributed by atoms with E-state index in [1.165, 1.54) is 24.0 Å². The molecule has 2 atom stereocenters. The van der Waals surface area contributed by atoms with Gasteiger partial charge in [0.15, 0.2) is 11.5 Å². The van der Waals surface area contributed by atoms with Crippen molar-refractivity contribution < 1.29 is 19.0 Å². The molecular formula is C25H32N2O4. The predicted octanol–water partition coefficient (Wildman–Crippen LogP) is 3.11. The van der Waals surface area contributed by atoms with E-state index in [1.807, 2.05) is 18.2 Å². The second-order valence-electron chi connectivity index (χ2n) is 8.46. The molecule has 2 N–H and O–H groups in total. The van der Waals surface area contributed by atoms with Crippen LogP contribution in [0.25, 0.3) is 0 Å². The van der Waals surface area contributed by atoms with Gasteiger partial charge in [0.05, 0.1) is 26.7 Å². The molecule has 0 saturated carbocycles. The molecule has 6 heteroatoms. The molecule has 2 aromatic carbocycles. The molecule has 0 aromatic heterocycles. The monoisotopic (exact) mass is 424 g/mol. The molecule has 2 aliphatic rings. The smallest absolute Gasteiger partial charge is 0.224 e. The maximum atomic E-state index is 12.7. The number of fused-ring (bicyclic) bond motifs is 1. The van der Waals surface area contributed by atoms with E-state index in [2.05, 4.69) is 28.8 Å². The quantitative estimate of drug-likeness (QED) is 0.682. The second kappa shape index (κ2) is 10.1. The normalized spacial score (nSPS) is 20.1. The lowest BCUT2D eigenvalue weighted by molar-refractivity contribution is -0.126. The van der Waals surface area contributed by atoms with Crippen LogP contribution in [0.5, 0.6) is 17.2 Å². The van der Waals surface area contributed by atoms with Crippen LogP contribution in [0.4, 0.5) is 0 Å². The number of hydrogen-bond donors (Lipinski definition) is 2. The van der Waals surface area contributed by atoms with Gasteiger partial charge in [-0.05, 0) is 66.6 Å². The van der Waals surface area contributed by atoms with E-state index in [0.29, 0.717) is 37.1 Å². The average molecular weight is 425 g/mol. The molecule has 4 rings (SSSR count). The van der Waals surface area contributed by atoms with Gasteiger partial charge in [0.2, 0.25) is 5.91 Å². The molecule has 0 spiro atoms. The molecule has 1 fully saturated rings. The zero-order chi connectivity index (χ0) is 21.6. The summed E-state index contributed by atoms with van der Waals surface area (Å²) in [4.78, 5) is 12.7. The molecule has 1 aliphatic heterocycles. The highest BCUT2D eigenvalue weighted by Crippen LogP contribution is 2.28. The van der Waals surface area contributed by atoms with E-state index in [0.717, 1.165) is 30.7 Å². The molecule has 2 aromatic rings. The second-order valence-corrected chi connectivity index (χ2v) is 8.46. The molecule has 0 radical (unpaired) electrons. The van der Waals surface area contributed by atoms with Gasteiger partial charge in [-0.15, -0.1) is 0 Å². The Morgan fingerprint density at radius 2 is 1.87 bits per heavy atom. The zero-order valence-electron chi connectivity index (χ0n) is 18.4. The first-order valence-corrected chi connectivity index (χ1v) is 11.1. The SMILES string of the molecule is COc1ccc(CNC(=O)[C@H]2CNC[C@@H](COc3ccc4c(c3)CCC4)C2)cc1OC. The van der Waals surface area contributed by atoms with Crippen LogP contribution < -0.4 is 24.8 Å². The Hall–Kier alpha value is -2.73. The van der Waals surface area contributed by atoms with Crippen LogP contribution in [0, 0.1) is 11.8 Å². The number of amides is 1. The van der Waals surface area contributed by atoms with E-state index in [4.69, 9.17) is 14.2 Å². The highest BCUT2D eigenvalue weighted by molar-refractivity contribution is 5.79. The Bertz CT molecular complexity index is 914. The van der Waals surface area contributed by atoms with Gasteiger partial charge >= 0.3 is 0 Å². The van der Waals surface area contributed by atoms with Crippen LogP contribution in [0.2, 0.25) is 0 Å². The summed E-state index contributed by atoms with van der Waals surface area (Å²) in [7, 11) is 3.22. The first-order valence-electron chi connectivity index (χ1n) is 11.1. The first kappa shape index (κ1) is 21.5. The maximum Gasteiger partial charge on any atom is 0.224 e. The standard InChI is InChI=1S/C25H32N2O4/c1-29-23-9-6-17(11-24(23)30-2)14-27-25(28)21-10-18(13-26-15-21)16-31-22-8-7-19-4-3-5-20(19)12-22/h6-9,11-12,18,21,26H,3-5,10,13-16H2,1-2H3,(H,27,28)/t18-,21+/m0/s1. The van der Waals surface area contributed by atoms with Crippen LogP contribution in [-0.4, -0.2) is 39.8 Å². The minimum atomic E-state index is -0.0532. The molecule has 0 bridgehead atoms. The van der Waals surface area contributed by atoms with Crippen molar-refractivity contribution in [3.05, 3.63) is 53.1 Å². The van der Waals surface area contributed by atoms with E-state index in [1.54, 1.807) is 14.2 Å². The van der Waals surface area contributed by atoms with E-state index < -0.39 is 0 Å². The summed E-state index contributed by atoms with van der Waals surface area (Å²) in [6.07, 6.45) is 4.41. The number of methoxy groups -OCH3 is 2. The van der Waals surface area contributed by atoms with Crippen LogP contribution in [0.15, 0.2) is 36.4 Å². The fourth-order valence-corrected chi connectivity index (χ4v) is 4.53. The van der Waals surface area contributed by atoms with Gasteiger partial charge in [-0.3, -0.25) is 4.79 Å². The maximum absolute atomic E-state index is 12.7. The van der Waals surface area contributed by atoms with Crippen LogP contribution in [-0.2, 0) is 24.2 Å². The summed E-state index contributed by atoms with van der Waals surface area (Å²) in [5.74, 6) is 2.63. The van der Waals surface area contributed by atoms with Crippen molar-refractivity contribution in [1.82, 2.24) is 10.6 Å². The number of nitrogens with one attached hydrogen (secondary N) is 2. The van der Waals surface area contributed by atoms with Crippen molar-refractivity contribution in [2.45, 2.75) is 32.2 Å². The van der Waals surface area contributed by atoms with Gasteiger partial charge in [0, 0.05) is 25.6 Å². The molecule has 166 valence electrons. The molecule has 1 saturated heterocycles. The highest BCUT2D eigenvalue weighted by Gasteiger charge is 2.27. The van der Waals surface area contributed by atoms with Gasteiger partial charge in [0.25, 0.3) is 0 Å². The van der Waals surface area contributed by atoms with Gasteiger partial charge in [-0.25, -0.2) is 0 Å². The summed E-state index contributed by atoms with van der Waals surface area (Å²) in [6.45, 7) is 2.68. The molecule has 1 heterocycles. The molecule has 0 unspecified atom stereocenters. The molecule has 1 aliphatic carbocycles. The van der Waals surface area contributed by atoms with Crippen molar-refractivity contribution in [2.24, 2.45) is 11.8 Å². The number of ether oxygens (including phenoxy) is 3. The Balaban J connectivity index is 1.26. The molecule has 1 amide bonds. The number of rotatable bonds is 8. The number of carbonyl (C=O) groups excluding carboxylic acids is 1. The molecule has 31 heavy (non-hydrogen) atoms. The molecule has 6 nitrogen and oxygen atoms in total. The van der Waals surface area contributed by atoms with Crippen molar-refractivity contribution >= 4 is 5.91 Å². The predicted molar refractivity (Wildman–Crippen MR) is 120 cm³/mol. The van der Waals surface area contributed by atoms with Crippen molar-refractivity contribution in [2.75, 3.05) is 33.9 Å². The number of carbonyl (C=O) groups is 1. The van der Waals surface area contributed by atoms with Crippen LogP contribution >= 0.6 is 0 Å². The van der Waals surface area contributed by atoms with Crippen LogP contribution in [0.1, 0.15) is 29.5 Å².